The average molecular weight is 690 g/mol. The topological polar surface area (TPSA) is 22.2 Å². The Bertz CT molecular complexity index is 2900. The third-order valence-corrected chi connectivity index (χ3v) is 11.2. The van der Waals surface area contributed by atoms with Gasteiger partial charge in [0, 0.05) is 33.0 Å². The fourth-order valence-corrected chi connectivity index (χ4v) is 8.67. The Morgan fingerprint density at radius 1 is 0.500 bits per heavy atom. The van der Waals surface area contributed by atoms with E-state index in [0.717, 1.165) is 56.0 Å². The first-order valence-corrected chi connectivity index (χ1v) is 18.4. The Labute approximate surface area is 315 Å². The zero-order valence-electron chi connectivity index (χ0n) is 30.1. The molecule has 0 atom stereocenters. The number of benzene rings is 7. The normalized spacial score (nSPS) is 12.8. The molecular formula is C51H35N3. The number of pyridine rings is 1. The molecule has 2 heterocycles. The number of rotatable bonds is 5. The number of hydrogen-bond donors (Lipinski definition) is 0. The van der Waals surface area contributed by atoms with Crippen molar-refractivity contribution in [1.29, 1.82) is 0 Å². The molecule has 0 saturated carbocycles. The molecule has 1 aliphatic carbocycles. The van der Waals surface area contributed by atoms with Gasteiger partial charge in [0.05, 0.1) is 29.0 Å². The lowest BCUT2D eigenvalue weighted by Gasteiger charge is -2.24. The van der Waals surface area contributed by atoms with Crippen LogP contribution in [0.15, 0.2) is 176 Å². The second-order valence-electron chi connectivity index (χ2n) is 14.7. The van der Waals surface area contributed by atoms with Crippen molar-refractivity contribution in [2.24, 2.45) is 0 Å². The fourth-order valence-electron chi connectivity index (χ4n) is 8.67. The van der Waals surface area contributed by atoms with Gasteiger partial charge in [-0.25, -0.2) is 9.83 Å². The second kappa shape index (κ2) is 12.3. The molecule has 0 aliphatic heterocycles. The summed E-state index contributed by atoms with van der Waals surface area (Å²) in [6.07, 6.45) is 0. The molecule has 54 heavy (non-hydrogen) atoms. The Morgan fingerprint density at radius 2 is 1.09 bits per heavy atom. The van der Waals surface area contributed by atoms with Crippen LogP contribution in [0.4, 0.5) is 5.69 Å². The molecular weight excluding hydrogens is 655 g/mol. The Hall–Kier alpha value is -7.02. The molecule has 0 bridgehead atoms. The standard InChI is InChI=1S/C51H35N3/c1-51(2)44-23-13-10-21-40(44)42-26-27-43-41-22-12-15-25-48(41)54(50(43)49(42)51)38-29-35(28-37(30-38)39-20-11-14-24-45(39)52-3)36-31-46(33-16-6-4-7-17-33)53-47(32-36)34-18-8-5-9-19-34/h4-32H,1-2H3. The van der Waals surface area contributed by atoms with Crippen LogP contribution in [0.5, 0.6) is 0 Å². The van der Waals surface area contributed by atoms with E-state index in [0.29, 0.717) is 5.69 Å². The molecule has 2 aromatic heterocycles. The smallest absolute Gasteiger partial charge is 0.194 e. The van der Waals surface area contributed by atoms with Crippen LogP contribution in [0, 0.1) is 6.57 Å². The van der Waals surface area contributed by atoms with Gasteiger partial charge in [-0.05, 0) is 80.9 Å². The van der Waals surface area contributed by atoms with E-state index < -0.39 is 0 Å². The molecule has 7 aromatic carbocycles. The minimum atomic E-state index is -0.213. The molecule has 0 amide bonds. The summed E-state index contributed by atoms with van der Waals surface area (Å²) in [6, 6.07) is 62.2. The number of para-hydroxylation sites is 2. The molecule has 0 spiro atoms. The predicted molar refractivity (Wildman–Crippen MR) is 224 cm³/mol. The van der Waals surface area contributed by atoms with E-state index in [2.05, 4.69) is 169 Å². The maximum atomic E-state index is 8.11. The van der Waals surface area contributed by atoms with E-state index in [1.807, 2.05) is 30.3 Å². The molecule has 0 unspecified atom stereocenters. The van der Waals surface area contributed by atoms with Gasteiger partial charge < -0.3 is 4.57 Å². The highest BCUT2D eigenvalue weighted by Gasteiger charge is 2.38. The summed E-state index contributed by atoms with van der Waals surface area (Å²) in [4.78, 5) is 9.16. The molecule has 0 radical (unpaired) electrons. The Morgan fingerprint density at radius 3 is 1.81 bits per heavy atom. The van der Waals surface area contributed by atoms with Crippen molar-refractivity contribution in [3.8, 4) is 61.6 Å². The van der Waals surface area contributed by atoms with E-state index in [1.165, 1.54) is 38.5 Å². The SMILES string of the molecule is [C-]#[N+]c1ccccc1-c1cc(-c2cc(-c3ccccc3)nc(-c3ccccc3)c2)cc(-n2c3ccccc3c3ccc4c(c32)C(C)(C)c2ccccc2-4)c1. The average Bonchev–Trinajstić information content (AvgIpc) is 3.69. The summed E-state index contributed by atoms with van der Waals surface area (Å²) in [5, 5.41) is 2.46. The minimum absolute atomic E-state index is 0.213. The van der Waals surface area contributed by atoms with Gasteiger partial charge in [0.1, 0.15) is 0 Å². The van der Waals surface area contributed by atoms with E-state index in [-0.39, 0.29) is 5.41 Å². The Balaban J connectivity index is 1.31. The van der Waals surface area contributed by atoms with E-state index in [1.54, 1.807) is 0 Å². The first-order chi connectivity index (χ1) is 26.5. The largest absolute Gasteiger partial charge is 0.309 e. The van der Waals surface area contributed by atoms with E-state index >= 15 is 0 Å². The van der Waals surface area contributed by atoms with Crippen molar-refractivity contribution in [1.82, 2.24) is 9.55 Å². The van der Waals surface area contributed by atoms with Crippen LogP contribution in [-0.4, -0.2) is 9.55 Å². The highest BCUT2D eigenvalue weighted by Crippen LogP contribution is 2.53. The first-order valence-electron chi connectivity index (χ1n) is 18.4. The lowest BCUT2D eigenvalue weighted by atomic mass is 9.81. The van der Waals surface area contributed by atoms with Crippen molar-refractivity contribution in [2.75, 3.05) is 0 Å². The number of hydrogen-bond acceptors (Lipinski definition) is 1. The predicted octanol–water partition coefficient (Wildman–Crippen LogP) is 13.7. The molecule has 10 rings (SSSR count). The molecule has 0 N–H and O–H groups in total. The van der Waals surface area contributed by atoms with Crippen LogP contribution in [0.2, 0.25) is 0 Å². The number of nitrogens with zero attached hydrogens (tertiary/aromatic N) is 3. The molecule has 1 aliphatic rings. The van der Waals surface area contributed by atoms with Gasteiger partial charge in [-0.1, -0.05) is 153 Å². The van der Waals surface area contributed by atoms with Crippen molar-refractivity contribution < 1.29 is 0 Å². The summed E-state index contributed by atoms with van der Waals surface area (Å²) in [5.41, 5.74) is 17.1. The third-order valence-electron chi connectivity index (χ3n) is 11.2. The lowest BCUT2D eigenvalue weighted by Crippen LogP contribution is -2.16. The summed E-state index contributed by atoms with van der Waals surface area (Å²) < 4.78 is 2.47. The van der Waals surface area contributed by atoms with Crippen molar-refractivity contribution in [2.45, 2.75) is 19.3 Å². The quantitative estimate of drug-likeness (QED) is 0.165. The molecule has 0 fully saturated rings. The highest BCUT2D eigenvalue weighted by atomic mass is 15.0. The Kier molecular flexibility index (Phi) is 7.22. The fraction of sp³-hybridized carbons (Fsp3) is 0.0588. The van der Waals surface area contributed by atoms with Crippen molar-refractivity contribution >= 4 is 27.5 Å². The van der Waals surface area contributed by atoms with Crippen molar-refractivity contribution in [3.05, 3.63) is 198 Å². The molecule has 9 aromatic rings. The zero-order chi connectivity index (χ0) is 36.4. The molecule has 254 valence electrons. The van der Waals surface area contributed by atoms with Crippen LogP contribution >= 0.6 is 0 Å². The second-order valence-corrected chi connectivity index (χ2v) is 14.7. The molecule has 3 heteroatoms. The van der Waals surface area contributed by atoms with Gasteiger partial charge in [0.15, 0.2) is 5.69 Å². The van der Waals surface area contributed by atoms with Gasteiger partial charge in [0.25, 0.3) is 0 Å². The van der Waals surface area contributed by atoms with Gasteiger partial charge in [0.2, 0.25) is 0 Å². The lowest BCUT2D eigenvalue weighted by molar-refractivity contribution is 0.664. The maximum absolute atomic E-state index is 8.11. The number of aromatic nitrogens is 2. The minimum Gasteiger partial charge on any atom is -0.309 e. The van der Waals surface area contributed by atoms with Crippen molar-refractivity contribution in [3.63, 3.8) is 0 Å². The molecule has 3 nitrogen and oxygen atoms in total. The zero-order valence-corrected chi connectivity index (χ0v) is 30.1. The summed E-state index contributed by atoms with van der Waals surface area (Å²) >= 11 is 0. The molecule has 0 saturated heterocycles. The highest BCUT2D eigenvalue weighted by molar-refractivity contribution is 6.13. The third kappa shape index (κ3) is 4.92. The van der Waals surface area contributed by atoms with Crippen LogP contribution in [0.3, 0.4) is 0 Å². The van der Waals surface area contributed by atoms with Gasteiger partial charge in [-0.15, -0.1) is 0 Å². The van der Waals surface area contributed by atoms with Crippen LogP contribution in [-0.2, 0) is 5.41 Å². The monoisotopic (exact) mass is 689 g/mol. The van der Waals surface area contributed by atoms with Gasteiger partial charge in [-0.2, -0.15) is 0 Å². The summed E-state index contributed by atoms with van der Waals surface area (Å²) in [5.74, 6) is 0. The van der Waals surface area contributed by atoms with Crippen LogP contribution in [0.25, 0.3) is 88.2 Å². The van der Waals surface area contributed by atoms with E-state index in [9.17, 15) is 0 Å². The van der Waals surface area contributed by atoms with Crippen LogP contribution in [0.1, 0.15) is 25.0 Å². The van der Waals surface area contributed by atoms with E-state index in [4.69, 9.17) is 11.6 Å². The van der Waals surface area contributed by atoms with Crippen LogP contribution < -0.4 is 0 Å². The summed E-state index contributed by atoms with van der Waals surface area (Å²) in [6.45, 7) is 12.8. The van der Waals surface area contributed by atoms with Gasteiger partial charge >= 0.3 is 0 Å². The summed E-state index contributed by atoms with van der Waals surface area (Å²) in [7, 11) is 0. The first kappa shape index (κ1) is 31.7. The number of fused-ring (bicyclic) bond motifs is 7. The van der Waals surface area contributed by atoms with Gasteiger partial charge in [-0.3, -0.25) is 0 Å². The maximum Gasteiger partial charge on any atom is 0.194 e.